The monoisotopic (exact) mass is 466 g/mol. The molecule has 1 saturated heterocycles. The molecule has 1 fully saturated rings. The minimum Gasteiger partial charge on any atom is -0.497 e. The van der Waals surface area contributed by atoms with Crippen molar-refractivity contribution < 1.29 is 32.0 Å². The number of halogens is 3. The lowest BCUT2D eigenvalue weighted by atomic mass is 9.96. The maximum Gasteiger partial charge on any atom is 0.391 e. The number of rotatable bonds is 5. The van der Waals surface area contributed by atoms with E-state index in [2.05, 4.69) is 5.16 Å². The van der Waals surface area contributed by atoms with Gasteiger partial charge in [0.05, 0.1) is 29.9 Å². The van der Waals surface area contributed by atoms with Crippen LogP contribution in [0.4, 0.5) is 13.2 Å². The van der Waals surface area contributed by atoms with Crippen molar-refractivity contribution in [2.24, 2.45) is 5.92 Å². The number of carbonyl (C=O) groups excluding carboxylic acids is 1. The molecule has 170 valence electrons. The molecule has 0 radical (unpaired) electrons. The van der Waals surface area contributed by atoms with Crippen LogP contribution in [0.2, 0.25) is 0 Å². The van der Waals surface area contributed by atoms with E-state index < -0.39 is 12.1 Å². The van der Waals surface area contributed by atoms with Gasteiger partial charge in [-0.05, 0) is 43.2 Å². The second-order valence-corrected chi connectivity index (χ2v) is 8.50. The summed E-state index contributed by atoms with van der Waals surface area (Å²) in [6.07, 6.45) is -4.34. The lowest BCUT2D eigenvalue weighted by Gasteiger charge is -2.32. The van der Waals surface area contributed by atoms with Gasteiger partial charge in [0.15, 0.2) is 5.76 Å². The van der Waals surface area contributed by atoms with E-state index in [1.807, 2.05) is 0 Å². The van der Waals surface area contributed by atoms with Crippen LogP contribution in [-0.4, -0.2) is 49.4 Å². The smallest absolute Gasteiger partial charge is 0.391 e. The van der Waals surface area contributed by atoms with Gasteiger partial charge in [0.2, 0.25) is 0 Å². The van der Waals surface area contributed by atoms with E-state index in [4.69, 9.17) is 14.0 Å². The molecule has 0 unspecified atom stereocenters. The highest BCUT2D eigenvalue weighted by Gasteiger charge is 2.41. The van der Waals surface area contributed by atoms with Crippen LogP contribution >= 0.6 is 11.3 Å². The fraction of sp³-hybridized carbons (Fsp3) is 0.364. The molecule has 0 aliphatic carbocycles. The fourth-order valence-corrected chi connectivity index (χ4v) is 4.61. The average Bonchev–Trinajstić information content (AvgIpc) is 3.47. The highest BCUT2D eigenvalue weighted by atomic mass is 32.1. The number of amides is 1. The molecule has 0 saturated carbocycles. The van der Waals surface area contributed by atoms with Crippen molar-refractivity contribution in [1.29, 1.82) is 0 Å². The van der Waals surface area contributed by atoms with Crippen molar-refractivity contribution in [2.75, 3.05) is 27.3 Å². The third-order valence-corrected chi connectivity index (χ3v) is 6.59. The number of likely N-dealkylation sites (tertiary alicyclic amines) is 1. The number of benzene rings is 1. The molecule has 0 spiro atoms. The lowest BCUT2D eigenvalue weighted by Crippen LogP contribution is -2.41. The largest absolute Gasteiger partial charge is 0.497 e. The molecule has 10 heteroatoms. The van der Waals surface area contributed by atoms with Gasteiger partial charge >= 0.3 is 6.18 Å². The number of ether oxygens (including phenoxy) is 2. The van der Waals surface area contributed by atoms with Crippen LogP contribution in [-0.2, 0) is 0 Å². The summed E-state index contributed by atoms with van der Waals surface area (Å²) < 4.78 is 54.7. The van der Waals surface area contributed by atoms with E-state index in [9.17, 15) is 18.0 Å². The molecule has 2 aromatic heterocycles. The number of methoxy groups -OCH3 is 2. The van der Waals surface area contributed by atoms with Crippen LogP contribution in [0.15, 0.2) is 40.9 Å². The van der Waals surface area contributed by atoms with Crippen molar-refractivity contribution in [1.82, 2.24) is 10.1 Å². The first kappa shape index (κ1) is 22.2. The summed E-state index contributed by atoms with van der Waals surface area (Å²) >= 11 is 1.22. The number of hydrogen-bond acceptors (Lipinski definition) is 6. The Morgan fingerprint density at radius 1 is 1.12 bits per heavy atom. The summed E-state index contributed by atoms with van der Waals surface area (Å²) in [5.74, 6) is 0.117. The van der Waals surface area contributed by atoms with E-state index in [1.54, 1.807) is 50.6 Å². The third-order valence-electron chi connectivity index (χ3n) is 5.50. The molecular weight excluding hydrogens is 445 g/mol. The number of thiophene rings is 1. The summed E-state index contributed by atoms with van der Waals surface area (Å²) in [5, 5.41) is 4.12. The summed E-state index contributed by atoms with van der Waals surface area (Å²) in [4.78, 5) is 15.4. The van der Waals surface area contributed by atoms with Crippen molar-refractivity contribution in [3.05, 3.63) is 41.3 Å². The number of alkyl halides is 3. The molecule has 1 aliphatic heterocycles. The lowest BCUT2D eigenvalue weighted by molar-refractivity contribution is -0.183. The van der Waals surface area contributed by atoms with E-state index in [0.717, 1.165) is 0 Å². The van der Waals surface area contributed by atoms with Crippen LogP contribution in [0.5, 0.6) is 11.5 Å². The topological polar surface area (TPSA) is 64.8 Å². The number of hydrogen-bond donors (Lipinski definition) is 0. The van der Waals surface area contributed by atoms with Gasteiger partial charge in [-0.1, -0.05) is 5.16 Å². The molecule has 3 heterocycles. The van der Waals surface area contributed by atoms with Crippen molar-refractivity contribution >= 4 is 17.2 Å². The normalized spacial score (nSPS) is 15.1. The minimum atomic E-state index is -4.21. The highest BCUT2D eigenvalue weighted by molar-refractivity contribution is 7.17. The standard InChI is InChI=1S/C22H21F3N2O4S/c1-29-14-3-4-17(30-2)15(11-14)16-12-18(31-26-16)19-5-6-20(32-19)21(28)27-9-7-13(8-10-27)22(23,24)25/h3-6,11-13H,7-10H2,1-2H3. The minimum absolute atomic E-state index is 0.0681. The van der Waals surface area contributed by atoms with Gasteiger partial charge in [-0.3, -0.25) is 4.79 Å². The maximum atomic E-state index is 12.9. The van der Waals surface area contributed by atoms with Gasteiger partial charge in [0.25, 0.3) is 5.91 Å². The molecule has 0 bridgehead atoms. The van der Waals surface area contributed by atoms with Crippen molar-refractivity contribution in [3.63, 3.8) is 0 Å². The quantitative estimate of drug-likeness (QED) is 0.497. The zero-order valence-electron chi connectivity index (χ0n) is 17.4. The second-order valence-electron chi connectivity index (χ2n) is 7.41. The zero-order valence-corrected chi connectivity index (χ0v) is 18.3. The molecule has 32 heavy (non-hydrogen) atoms. The second kappa shape index (κ2) is 8.85. The molecule has 6 nitrogen and oxygen atoms in total. The SMILES string of the molecule is COc1ccc(OC)c(-c2cc(-c3ccc(C(=O)N4CCC(C(F)(F)F)CC4)s3)on2)c1. The molecule has 4 rings (SSSR count). The summed E-state index contributed by atoms with van der Waals surface area (Å²) in [5.41, 5.74) is 1.24. The van der Waals surface area contributed by atoms with Crippen molar-refractivity contribution in [3.8, 4) is 33.4 Å². The van der Waals surface area contributed by atoms with Gasteiger partial charge < -0.3 is 18.9 Å². The van der Waals surface area contributed by atoms with Crippen LogP contribution < -0.4 is 9.47 Å². The molecular formula is C22H21F3N2O4S. The Balaban J connectivity index is 1.50. The Bertz CT molecular complexity index is 1100. The number of nitrogens with zero attached hydrogens (tertiary/aromatic N) is 2. The van der Waals surface area contributed by atoms with Gasteiger partial charge in [-0.25, -0.2) is 0 Å². The fourth-order valence-electron chi connectivity index (χ4n) is 3.68. The van der Waals surface area contributed by atoms with E-state index in [0.29, 0.717) is 38.3 Å². The predicted octanol–water partition coefficient (Wildman–Crippen LogP) is 5.50. The number of aromatic nitrogens is 1. The zero-order chi connectivity index (χ0) is 22.9. The third kappa shape index (κ3) is 4.45. The Labute approximate surface area is 186 Å². The molecule has 1 amide bonds. The highest BCUT2D eigenvalue weighted by Crippen LogP contribution is 2.38. The molecule has 1 aliphatic rings. The molecule has 1 aromatic carbocycles. The van der Waals surface area contributed by atoms with Gasteiger partial charge in [0, 0.05) is 24.7 Å². The van der Waals surface area contributed by atoms with Crippen LogP contribution in [0.25, 0.3) is 21.9 Å². The Morgan fingerprint density at radius 3 is 2.53 bits per heavy atom. The van der Waals surface area contributed by atoms with E-state index in [-0.39, 0.29) is 31.8 Å². The maximum absolute atomic E-state index is 12.9. The van der Waals surface area contributed by atoms with Gasteiger partial charge in [-0.15, -0.1) is 11.3 Å². The van der Waals surface area contributed by atoms with Crippen LogP contribution in [0, 0.1) is 5.92 Å². The van der Waals surface area contributed by atoms with Gasteiger partial charge in [-0.2, -0.15) is 13.2 Å². The Hall–Kier alpha value is -3.01. The van der Waals surface area contributed by atoms with E-state index in [1.165, 1.54) is 16.2 Å². The number of piperidine rings is 1. The summed E-state index contributed by atoms with van der Waals surface area (Å²) in [7, 11) is 3.12. The van der Waals surface area contributed by atoms with E-state index >= 15 is 0 Å². The predicted molar refractivity (Wildman–Crippen MR) is 113 cm³/mol. The Kier molecular flexibility index (Phi) is 6.14. The summed E-state index contributed by atoms with van der Waals surface area (Å²) in [6, 6.07) is 10.5. The molecule has 0 N–H and O–H groups in total. The van der Waals surface area contributed by atoms with Gasteiger partial charge in [0.1, 0.15) is 17.2 Å². The first-order valence-corrected chi connectivity index (χ1v) is 10.8. The van der Waals surface area contributed by atoms with Crippen molar-refractivity contribution in [2.45, 2.75) is 19.0 Å². The first-order chi connectivity index (χ1) is 15.3. The molecule has 3 aromatic rings. The first-order valence-electron chi connectivity index (χ1n) is 9.95. The van der Waals surface area contributed by atoms with Crippen LogP contribution in [0.3, 0.4) is 0 Å². The summed E-state index contributed by atoms with van der Waals surface area (Å²) in [6.45, 7) is 0.191. The number of carbonyl (C=O) groups is 1. The average molecular weight is 466 g/mol. The Morgan fingerprint density at radius 2 is 1.88 bits per heavy atom. The molecule has 0 atom stereocenters. The van der Waals surface area contributed by atoms with Crippen LogP contribution in [0.1, 0.15) is 22.5 Å².